The van der Waals surface area contributed by atoms with Gasteiger partial charge in [-0.1, -0.05) is 29.8 Å². The molecule has 0 aliphatic heterocycles. The smallest absolute Gasteiger partial charge is 0.234 e. The van der Waals surface area contributed by atoms with Crippen LogP contribution in [-0.2, 0) is 4.79 Å². The molecule has 2 N–H and O–H groups in total. The number of carbonyl (C=O) groups is 1. The van der Waals surface area contributed by atoms with Gasteiger partial charge in [-0.3, -0.25) is 4.79 Å². The Morgan fingerprint density at radius 2 is 2.08 bits per heavy atom. The predicted octanol–water partition coefficient (Wildman–Crippen LogP) is 1.05. The second kappa shape index (κ2) is 6.43. The van der Waals surface area contributed by atoms with Crippen LogP contribution in [0.4, 0.5) is 0 Å². The number of amides is 1. The SMILES string of the molecule is CCC(Br)C(=O)N[C@@H](CC)CO. The van der Waals surface area contributed by atoms with Gasteiger partial charge >= 0.3 is 0 Å². The average Bonchev–Trinajstić information content (AvgIpc) is 2.12. The number of rotatable bonds is 5. The monoisotopic (exact) mass is 237 g/mol. The number of carbonyl (C=O) groups excluding carboxylic acids is 1. The molecule has 0 saturated carbocycles. The molecule has 0 heterocycles. The molecule has 0 radical (unpaired) electrons. The minimum absolute atomic E-state index is 0.00563. The summed E-state index contributed by atoms with van der Waals surface area (Å²) in [4.78, 5) is 11.1. The van der Waals surface area contributed by atoms with Crippen LogP contribution in [0.15, 0.2) is 0 Å². The topological polar surface area (TPSA) is 49.3 Å². The molecular formula is C8H16BrNO2. The Morgan fingerprint density at radius 1 is 1.50 bits per heavy atom. The molecule has 1 amide bonds. The normalized spacial score (nSPS) is 15.3. The lowest BCUT2D eigenvalue weighted by Gasteiger charge is -2.15. The quantitative estimate of drug-likeness (QED) is 0.703. The predicted molar refractivity (Wildman–Crippen MR) is 52.3 cm³/mol. The highest BCUT2D eigenvalue weighted by Crippen LogP contribution is 2.04. The van der Waals surface area contributed by atoms with Gasteiger partial charge in [-0.2, -0.15) is 0 Å². The number of aliphatic hydroxyl groups excluding tert-OH is 1. The van der Waals surface area contributed by atoms with E-state index in [0.717, 1.165) is 12.8 Å². The fourth-order valence-corrected chi connectivity index (χ4v) is 0.886. The maximum absolute atomic E-state index is 11.2. The maximum atomic E-state index is 11.2. The van der Waals surface area contributed by atoms with Crippen LogP contribution in [0, 0.1) is 0 Å². The number of nitrogens with one attached hydrogen (secondary N) is 1. The van der Waals surface area contributed by atoms with Crippen LogP contribution in [0.25, 0.3) is 0 Å². The van der Waals surface area contributed by atoms with Crippen LogP contribution >= 0.6 is 15.9 Å². The molecule has 0 rings (SSSR count). The molecule has 1 unspecified atom stereocenters. The van der Waals surface area contributed by atoms with Gasteiger partial charge in [0.05, 0.1) is 17.5 Å². The zero-order valence-electron chi connectivity index (χ0n) is 7.51. The Hall–Kier alpha value is -0.0900. The van der Waals surface area contributed by atoms with Crippen molar-refractivity contribution in [1.29, 1.82) is 0 Å². The number of halogens is 1. The Labute approximate surface area is 81.7 Å². The zero-order valence-corrected chi connectivity index (χ0v) is 9.10. The molecule has 0 aromatic heterocycles. The summed E-state index contributed by atoms with van der Waals surface area (Å²) in [6, 6.07) is -0.107. The van der Waals surface area contributed by atoms with Crippen molar-refractivity contribution in [3.05, 3.63) is 0 Å². The van der Waals surface area contributed by atoms with Gasteiger partial charge in [-0.25, -0.2) is 0 Å². The fourth-order valence-electron chi connectivity index (χ4n) is 0.754. The molecule has 3 nitrogen and oxygen atoms in total. The lowest BCUT2D eigenvalue weighted by molar-refractivity contribution is -0.121. The molecule has 0 saturated heterocycles. The Kier molecular flexibility index (Phi) is 6.38. The van der Waals surface area contributed by atoms with Crippen LogP contribution in [-0.4, -0.2) is 28.5 Å². The first-order valence-corrected chi connectivity index (χ1v) is 5.12. The van der Waals surface area contributed by atoms with Gasteiger partial charge in [-0.15, -0.1) is 0 Å². The summed E-state index contributed by atoms with van der Waals surface area (Å²) in [5.74, 6) is -0.0431. The van der Waals surface area contributed by atoms with Crippen molar-refractivity contribution >= 4 is 21.8 Å². The van der Waals surface area contributed by atoms with Gasteiger partial charge < -0.3 is 10.4 Å². The summed E-state index contributed by atoms with van der Waals surface area (Å²) in [5, 5.41) is 11.5. The summed E-state index contributed by atoms with van der Waals surface area (Å²) in [7, 11) is 0. The molecule has 12 heavy (non-hydrogen) atoms. The summed E-state index contributed by atoms with van der Waals surface area (Å²) in [6.45, 7) is 3.86. The number of alkyl halides is 1. The third-order valence-electron chi connectivity index (χ3n) is 1.70. The molecule has 2 atom stereocenters. The molecule has 0 fully saturated rings. The van der Waals surface area contributed by atoms with Crippen molar-refractivity contribution in [2.45, 2.75) is 37.6 Å². The molecule has 0 aliphatic rings. The van der Waals surface area contributed by atoms with Crippen molar-refractivity contribution in [1.82, 2.24) is 5.32 Å². The first-order chi connectivity index (χ1) is 5.65. The number of hydrogen-bond donors (Lipinski definition) is 2. The van der Waals surface area contributed by atoms with E-state index in [2.05, 4.69) is 21.2 Å². The molecule has 0 bridgehead atoms. The van der Waals surface area contributed by atoms with Gasteiger partial charge in [0, 0.05) is 0 Å². The minimum atomic E-state index is -0.141. The van der Waals surface area contributed by atoms with Crippen molar-refractivity contribution in [2.75, 3.05) is 6.61 Å². The fraction of sp³-hybridized carbons (Fsp3) is 0.875. The minimum Gasteiger partial charge on any atom is -0.394 e. The summed E-state index contributed by atoms with van der Waals surface area (Å²) >= 11 is 3.24. The molecule has 0 aromatic rings. The first-order valence-electron chi connectivity index (χ1n) is 4.20. The van der Waals surface area contributed by atoms with Crippen LogP contribution in [0.2, 0.25) is 0 Å². The first kappa shape index (κ1) is 11.9. The Balaban J connectivity index is 3.81. The largest absolute Gasteiger partial charge is 0.394 e. The summed E-state index contributed by atoms with van der Waals surface area (Å²) < 4.78 is 0. The van der Waals surface area contributed by atoms with Gasteiger partial charge in [0.2, 0.25) is 5.91 Å². The van der Waals surface area contributed by atoms with E-state index in [4.69, 9.17) is 5.11 Å². The van der Waals surface area contributed by atoms with Gasteiger partial charge in [0.25, 0.3) is 0 Å². The van der Waals surface area contributed by atoms with Crippen LogP contribution in [0.5, 0.6) is 0 Å². The van der Waals surface area contributed by atoms with E-state index in [-0.39, 0.29) is 23.4 Å². The van der Waals surface area contributed by atoms with E-state index in [1.54, 1.807) is 0 Å². The third kappa shape index (κ3) is 4.07. The maximum Gasteiger partial charge on any atom is 0.234 e. The highest BCUT2D eigenvalue weighted by atomic mass is 79.9. The van der Waals surface area contributed by atoms with Gasteiger partial charge in [-0.05, 0) is 12.8 Å². The van der Waals surface area contributed by atoms with Crippen molar-refractivity contribution < 1.29 is 9.90 Å². The Morgan fingerprint density at radius 3 is 2.42 bits per heavy atom. The summed E-state index contributed by atoms with van der Waals surface area (Å²) in [5.41, 5.74) is 0. The third-order valence-corrected chi connectivity index (χ3v) is 2.77. The standard InChI is InChI=1S/C8H16BrNO2/c1-3-6(5-11)10-8(12)7(9)4-2/h6-7,11H,3-5H2,1-2H3,(H,10,12)/t6-,7?/m0/s1. The second-order valence-corrected chi connectivity index (χ2v) is 3.78. The highest BCUT2D eigenvalue weighted by Gasteiger charge is 2.15. The summed E-state index contributed by atoms with van der Waals surface area (Å²) in [6.07, 6.45) is 1.51. The van der Waals surface area contributed by atoms with E-state index in [1.807, 2.05) is 13.8 Å². The van der Waals surface area contributed by atoms with Gasteiger partial charge in [0.1, 0.15) is 0 Å². The zero-order chi connectivity index (χ0) is 9.56. The number of hydrogen-bond acceptors (Lipinski definition) is 2. The van der Waals surface area contributed by atoms with Crippen molar-refractivity contribution in [2.24, 2.45) is 0 Å². The molecular weight excluding hydrogens is 222 g/mol. The average molecular weight is 238 g/mol. The number of aliphatic hydroxyl groups is 1. The van der Waals surface area contributed by atoms with E-state index < -0.39 is 0 Å². The van der Waals surface area contributed by atoms with Crippen LogP contribution in [0.1, 0.15) is 26.7 Å². The highest BCUT2D eigenvalue weighted by molar-refractivity contribution is 9.10. The van der Waals surface area contributed by atoms with Crippen molar-refractivity contribution in [3.8, 4) is 0 Å². The lowest BCUT2D eigenvalue weighted by atomic mass is 10.2. The molecule has 0 spiro atoms. The molecule has 0 aliphatic carbocycles. The Bertz CT molecular complexity index is 137. The van der Waals surface area contributed by atoms with E-state index >= 15 is 0 Å². The van der Waals surface area contributed by atoms with Crippen molar-refractivity contribution in [3.63, 3.8) is 0 Å². The molecule has 0 aromatic carbocycles. The lowest BCUT2D eigenvalue weighted by Crippen LogP contribution is -2.40. The van der Waals surface area contributed by atoms with E-state index in [9.17, 15) is 4.79 Å². The second-order valence-electron chi connectivity index (χ2n) is 2.67. The van der Waals surface area contributed by atoms with E-state index in [1.165, 1.54) is 0 Å². The van der Waals surface area contributed by atoms with E-state index in [0.29, 0.717) is 0 Å². The van der Waals surface area contributed by atoms with Gasteiger partial charge in [0.15, 0.2) is 0 Å². The molecule has 4 heteroatoms. The van der Waals surface area contributed by atoms with Crippen LogP contribution in [0.3, 0.4) is 0 Å². The molecule has 72 valence electrons. The van der Waals surface area contributed by atoms with Crippen LogP contribution < -0.4 is 5.32 Å².